The molecule has 1 aliphatic carbocycles. The van der Waals surface area contributed by atoms with Crippen LogP contribution in [0.5, 0.6) is 11.5 Å². The number of phenols is 1. The van der Waals surface area contributed by atoms with Crippen LogP contribution < -0.4 is 10.5 Å². The smallest absolute Gasteiger partial charge is 0.164 e. The average molecular weight is 219 g/mol. The molecular weight excluding hydrogens is 202 g/mol. The van der Waals surface area contributed by atoms with Crippen molar-refractivity contribution in [1.82, 2.24) is 0 Å². The quantitative estimate of drug-likeness (QED) is 0.599. The molecule has 0 spiro atoms. The minimum Gasteiger partial charge on any atom is -0.504 e. The van der Waals surface area contributed by atoms with E-state index in [2.05, 4.69) is 6.58 Å². The standard InChI is InChI=1S/C13H17NO2/c1-2-3-6-16-13-11-8-10(14)7-9(11)4-5-12(13)15/h2,4-5,10,15H,1,3,6-8,14H2. The Morgan fingerprint density at radius 2 is 2.31 bits per heavy atom. The van der Waals surface area contributed by atoms with Crippen LogP contribution in [-0.4, -0.2) is 17.8 Å². The van der Waals surface area contributed by atoms with E-state index in [9.17, 15) is 5.11 Å². The van der Waals surface area contributed by atoms with Gasteiger partial charge in [0.05, 0.1) is 6.61 Å². The Hall–Kier alpha value is -1.48. The highest BCUT2D eigenvalue weighted by Crippen LogP contribution is 2.37. The molecule has 1 aliphatic rings. The molecular formula is C13H17NO2. The number of hydrogen-bond donors (Lipinski definition) is 2. The molecule has 16 heavy (non-hydrogen) atoms. The first-order valence-electron chi connectivity index (χ1n) is 5.55. The molecule has 1 aromatic rings. The number of aromatic hydroxyl groups is 1. The number of nitrogens with two attached hydrogens (primary N) is 1. The summed E-state index contributed by atoms with van der Waals surface area (Å²) in [6.45, 7) is 4.18. The van der Waals surface area contributed by atoms with Gasteiger partial charge in [-0.2, -0.15) is 0 Å². The molecule has 3 heteroatoms. The second-order valence-electron chi connectivity index (χ2n) is 4.15. The maximum Gasteiger partial charge on any atom is 0.164 e. The number of fused-ring (bicyclic) bond motifs is 1. The van der Waals surface area contributed by atoms with Crippen LogP contribution in [0.15, 0.2) is 24.8 Å². The van der Waals surface area contributed by atoms with Crippen molar-refractivity contribution in [1.29, 1.82) is 0 Å². The summed E-state index contributed by atoms with van der Waals surface area (Å²) in [6.07, 6.45) is 4.22. The number of phenolic OH excluding ortho intramolecular Hbond substituents is 1. The van der Waals surface area contributed by atoms with Crippen LogP contribution in [0.4, 0.5) is 0 Å². The van der Waals surface area contributed by atoms with Crippen molar-refractivity contribution in [3.63, 3.8) is 0 Å². The maximum absolute atomic E-state index is 9.77. The minimum absolute atomic E-state index is 0.151. The monoisotopic (exact) mass is 219 g/mol. The Balaban J connectivity index is 2.23. The average Bonchev–Trinajstić information content (AvgIpc) is 2.62. The molecule has 3 nitrogen and oxygen atoms in total. The van der Waals surface area contributed by atoms with Crippen molar-refractivity contribution < 1.29 is 9.84 Å². The molecule has 0 amide bonds. The predicted molar refractivity (Wildman–Crippen MR) is 63.8 cm³/mol. The molecule has 1 atom stereocenters. The largest absolute Gasteiger partial charge is 0.504 e. The maximum atomic E-state index is 9.77. The van der Waals surface area contributed by atoms with E-state index in [0.717, 1.165) is 24.8 Å². The first-order chi connectivity index (χ1) is 7.72. The molecule has 0 radical (unpaired) electrons. The van der Waals surface area contributed by atoms with Gasteiger partial charge in [0.1, 0.15) is 0 Å². The molecule has 0 aromatic heterocycles. The van der Waals surface area contributed by atoms with Crippen molar-refractivity contribution in [2.75, 3.05) is 6.61 Å². The van der Waals surface area contributed by atoms with Crippen molar-refractivity contribution in [3.8, 4) is 11.5 Å². The van der Waals surface area contributed by atoms with E-state index in [1.165, 1.54) is 5.56 Å². The van der Waals surface area contributed by atoms with Crippen LogP contribution in [-0.2, 0) is 12.8 Å². The van der Waals surface area contributed by atoms with Crippen LogP contribution >= 0.6 is 0 Å². The molecule has 0 fully saturated rings. The number of hydrogen-bond acceptors (Lipinski definition) is 3. The number of ether oxygens (including phenoxy) is 1. The zero-order valence-corrected chi connectivity index (χ0v) is 9.28. The highest BCUT2D eigenvalue weighted by Gasteiger charge is 2.23. The molecule has 86 valence electrons. The van der Waals surface area contributed by atoms with Gasteiger partial charge in [0, 0.05) is 11.6 Å². The first kappa shape index (κ1) is 11.0. The van der Waals surface area contributed by atoms with Gasteiger partial charge < -0.3 is 15.6 Å². The van der Waals surface area contributed by atoms with Crippen LogP contribution in [0.25, 0.3) is 0 Å². The van der Waals surface area contributed by atoms with Crippen LogP contribution in [0, 0.1) is 0 Å². The lowest BCUT2D eigenvalue weighted by Crippen LogP contribution is -2.19. The Bertz CT molecular complexity index is 401. The van der Waals surface area contributed by atoms with E-state index in [-0.39, 0.29) is 11.8 Å². The summed E-state index contributed by atoms with van der Waals surface area (Å²) in [6, 6.07) is 3.76. The second-order valence-corrected chi connectivity index (χ2v) is 4.15. The third kappa shape index (κ3) is 2.04. The summed E-state index contributed by atoms with van der Waals surface area (Å²) in [7, 11) is 0. The van der Waals surface area contributed by atoms with Gasteiger partial charge in [-0.25, -0.2) is 0 Å². The summed E-state index contributed by atoms with van der Waals surface area (Å²) >= 11 is 0. The van der Waals surface area contributed by atoms with Gasteiger partial charge >= 0.3 is 0 Å². The third-order valence-corrected chi connectivity index (χ3v) is 2.85. The lowest BCUT2D eigenvalue weighted by Gasteiger charge is -2.11. The Kier molecular flexibility index (Phi) is 3.15. The highest BCUT2D eigenvalue weighted by atomic mass is 16.5. The fraction of sp³-hybridized carbons (Fsp3) is 0.385. The van der Waals surface area contributed by atoms with Crippen molar-refractivity contribution in [2.24, 2.45) is 5.73 Å². The SMILES string of the molecule is C=CCCOc1c(O)ccc2c1CC(N)C2. The molecule has 0 heterocycles. The van der Waals surface area contributed by atoms with Gasteiger partial charge in [-0.1, -0.05) is 12.1 Å². The second kappa shape index (κ2) is 4.58. The summed E-state index contributed by atoms with van der Waals surface area (Å²) in [5.74, 6) is 0.809. The normalized spacial score (nSPS) is 18.2. The Labute approximate surface area is 95.5 Å². The van der Waals surface area contributed by atoms with Gasteiger partial charge in [0.15, 0.2) is 11.5 Å². The topological polar surface area (TPSA) is 55.5 Å². The lowest BCUT2D eigenvalue weighted by atomic mass is 10.1. The van der Waals surface area contributed by atoms with E-state index in [1.54, 1.807) is 12.1 Å². The third-order valence-electron chi connectivity index (χ3n) is 2.85. The van der Waals surface area contributed by atoms with Crippen LogP contribution in [0.2, 0.25) is 0 Å². The zero-order chi connectivity index (χ0) is 11.5. The van der Waals surface area contributed by atoms with Crippen molar-refractivity contribution in [3.05, 3.63) is 35.9 Å². The molecule has 0 bridgehead atoms. The van der Waals surface area contributed by atoms with Gasteiger partial charge in [-0.05, 0) is 30.9 Å². The van der Waals surface area contributed by atoms with Crippen molar-refractivity contribution >= 4 is 0 Å². The van der Waals surface area contributed by atoms with E-state index in [4.69, 9.17) is 10.5 Å². The Morgan fingerprint density at radius 3 is 3.06 bits per heavy atom. The molecule has 1 unspecified atom stereocenters. The van der Waals surface area contributed by atoms with E-state index < -0.39 is 0 Å². The first-order valence-corrected chi connectivity index (χ1v) is 5.55. The highest BCUT2D eigenvalue weighted by molar-refractivity contribution is 5.52. The van der Waals surface area contributed by atoms with Gasteiger partial charge in [0.25, 0.3) is 0 Å². The summed E-state index contributed by atoms with van der Waals surface area (Å²) in [5.41, 5.74) is 8.17. The molecule has 0 aliphatic heterocycles. The number of benzene rings is 1. The van der Waals surface area contributed by atoms with E-state index >= 15 is 0 Å². The molecule has 1 aromatic carbocycles. The van der Waals surface area contributed by atoms with E-state index in [1.807, 2.05) is 6.07 Å². The van der Waals surface area contributed by atoms with Crippen molar-refractivity contribution in [2.45, 2.75) is 25.3 Å². The molecule has 3 N–H and O–H groups in total. The lowest BCUT2D eigenvalue weighted by molar-refractivity contribution is 0.302. The molecule has 2 rings (SSSR count). The molecule has 0 saturated heterocycles. The van der Waals surface area contributed by atoms with Gasteiger partial charge in [-0.15, -0.1) is 6.58 Å². The van der Waals surface area contributed by atoms with Crippen LogP contribution in [0.3, 0.4) is 0 Å². The summed E-state index contributed by atoms with van der Waals surface area (Å²) in [5, 5.41) is 9.77. The van der Waals surface area contributed by atoms with Crippen LogP contribution in [0.1, 0.15) is 17.5 Å². The minimum atomic E-state index is 0.151. The predicted octanol–water partition coefficient (Wildman–Crippen LogP) is 1.77. The number of rotatable bonds is 4. The van der Waals surface area contributed by atoms with Gasteiger partial charge in [0.2, 0.25) is 0 Å². The Morgan fingerprint density at radius 1 is 1.50 bits per heavy atom. The zero-order valence-electron chi connectivity index (χ0n) is 9.28. The van der Waals surface area contributed by atoms with Gasteiger partial charge in [-0.3, -0.25) is 0 Å². The fourth-order valence-electron chi connectivity index (χ4n) is 2.09. The van der Waals surface area contributed by atoms with E-state index in [0.29, 0.717) is 12.4 Å². The summed E-state index contributed by atoms with van der Waals surface area (Å²) in [4.78, 5) is 0. The molecule has 0 saturated carbocycles. The fourth-order valence-corrected chi connectivity index (χ4v) is 2.09. The summed E-state index contributed by atoms with van der Waals surface area (Å²) < 4.78 is 5.59.